The van der Waals surface area contributed by atoms with E-state index in [2.05, 4.69) is 32.3 Å². The van der Waals surface area contributed by atoms with Crippen LogP contribution in [0.1, 0.15) is 21.5 Å². The van der Waals surface area contributed by atoms with Crippen LogP contribution in [0.2, 0.25) is 0 Å². The second-order valence-corrected chi connectivity index (χ2v) is 4.76. The van der Waals surface area contributed by atoms with Gasteiger partial charge in [-0.25, -0.2) is 4.98 Å². The van der Waals surface area contributed by atoms with E-state index in [1.54, 1.807) is 18.3 Å². The van der Waals surface area contributed by atoms with Gasteiger partial charge in [-0.05, 0) is 23.3 Å². The summed E-state index contributed by atoms with van der Waals surface area (Å²) < 4.78 is 5.08. The van der Waals surface area contributed by atoms with Gasteiger partial charge in [-0.1, -0.05) is 40.2 Å². The molecule has 20 heavy (non-hydrogen) atoms. The zero-order chi connectivity index (χ0) is 14.4. The largest absolute Gasteiger partial charge is 0.480 e. The third-order valence-corrected chi connectivity index (χ3v) is 3.46. The maximum absolute atomic E-state index is 12.1. The van der Waals surface area contributed by atoms with Crippen molar-refractivity contribution >= 4 is 21.8 Å². The van der Waals surface area contributed by atoms with E-state index >= 15 is 0 Å². The van der Waals surface area contributed by atoms with Crippen LogP contribution < -0.4 is 10.1 Å². The van der Waals surface area contributed by atoms with Crippen molar-refractivity contribution in [3.63, 3.8) is 0 Å². The van der Waals surface area contributed by atoms with Gasteiger partial charge in [0.1, 0.15) is 5.56 Å². The van der Waals surface area contributed by atoms with Crippen molar-refractivity contribution < 1.29 is 9.53 Å². The number of rotatable bonds is 5. The molecule has 0 fully saturated rings. The number of hydrogen-bond acceptors (Lipinski definition) is 3. The van der Waals surface area contributed by atoms with E-state index in [0.717, 1.165) is 10.9 Å². The molecule has 0 radical (unpaired) electrons. The third kappa shape index (κ3) is 3.57. The van der Waals surface area contributed by atoms with Crippen molar-refractivity contribution in [1.29, 1.82) is 0 Å². The highest BCUT2D eigenvalue weighted by Crippen LogP contribution is 2.14. The number of nitrogens with zero attached hydrogens (tertiary/aromatic N) is 1. The molecule has 0 aliphatic carbocycles. The zero-order valence-electron chi connectivity index (χ0n) is 11.1. The van der Waals surface area contributed by atoms with Gasteiger partial charge in [-0.2, -0.15) is 0 Å². The number of carbonyl (C=O) groups excluding carboxylic acids is 1. The quantitative estimate of drug-likeness (QED) is 0.855. The highest BCUT2D eigenvalue weighted by molar-refractivity contribution is 9.08. The van der Waals surface area contributed by atoms with Gasteiger partial charge in [0.05, 0.1) is 7.11 Å². The molecule has 5 heteroatoms. The minimum atomic E-state index is -0.195. The highest BCUT2D eigenvalue weighted by Gasteiger charge is 2.12. The second kappa shape index (κ2) is 7.05. The zero-order valence-corrected chi connectivity index (χ0v) is 12.7. The van der Waals surface area contributed by atoms with E-state index in [9.17, 15) is 4.79 Å². The van der Waals surface area contributed by atoms with Crippen molar-refractivity contribution in [1.82, 2.24) is 10.3 Å². The number of aromatic nitrogens is 1. The van der Waals surface area contributed by atoms with Gasteiger partial charge in [0.15, 0.2) is 0 Å². The minimum absolute atomic E-state index is 0.195. The Morgan fingerprint density at radius 3 is 2.85 bits per heavy atom. The van der Waals surface area contributed by atoms with Crippen molar-refractivity contribution in [3.05, 3.63) is 59.3 Å². The molecule has 1 amide bonds. The Morgan fingerprint density at radius 1 is 1.30 bits per heavy atom. The summed E-state index contributed by atoms with van der Waals surface area (Å²) in [6.07, 6.45) is 1.59. The molecule has 0 aliphatic rings. The highest BCUT2D eigenvalue weighted by atomic mass is 79.9. The molecule has 0 aliphatic heterocycles. The molecule has 0 saturated carbocycles. The average Bonchev–Trinajstić information content (AvgIpc) is 2.52. The first-order valence-corrected chi connectivity index (χ1v) is 7.27. The SMILES string of the molecule is COc1ncccc1C(=O)NCc1cccc(CBr)c1. The lowest BCUT2D eigenvalue weighted by atomic mass is 10.1. The fourth-order valence-corrected chi connectivity index (χ4v) is 2.18. The molecular weight excluding hydrogens is 320 g/mol. The van der Waals surface area contributed by atoms with Crippen LogP contribution in [-0.4, -0.2) is 18.0 Å². The number of ether oxygens (including phenoxy) is 1. The van der Waals surface area contributed by atoms with Gasteiger partial charge in [-0.15, -0.1) is 0 Å². The maximum atomic E-state index is 12.1. The fraction of sp³-hybridized carbons (Fsp3) is 0.200. The lowest BCUT2D eigenvalue weighted by molar-refractivity contribution is 0.0947. The van der Waals surface area contributed by atoms with Crippen LogP contribution in [0.4, 0.5) is 0 Å². The molecule has 104 valence electrons. The predicted molar refractivity (Wildman–Crippen MR) is 81.0 cm³/mol. The summed E-state index contributed by atoms with van der Waals surface area (Å²) in [5, 5.41) is 3.66. The average molecular weight is 335 g/mol. The third-order valence-electron chi connectivity index (χ3n) is 2.81. The van der Waals surface area contributed by atoms with Gasteiger partial charge in [0.2, 0.25) is 5.88 Å². The first-order chi connectivity index (χ1) is 9.74. The van der Waals surface area contributed by atoms with Crippen LogP contribution in [0.25, 0.3) is 0 Å². The number of benzene rings is 1. The molecule has 0 saturated heterocycles. The van der Waals surface area contributed by atoms with Gasteiger partial charge in [0, 0.05) is 18.1 Å². The molecule has 0 unspecified atom stereocenters. The number of alkyl halides is 1. The smallest absolute Gasteiger partial charge is 0.257 e. The predicted octanol–water partition coefficient (Wildman–Crippen LogP) is 2.92. The van der Waals surface area contributed by atoms with Gasteiger partial charge in [0.25, 0.3) is 5.91 Å². The van der Waals surface area contributed by atoms with E-state index in [1.807, 2.05) is 18.2 Å². The molecule has 0 atom stereocenters. The lowest BCUT2D eigenvalue weighted by Gasteiger charge is -2.08. The van der Waals surface area contributed by atoms with Crippen molar-refractivity contribution in [2.24, 2.45) is 0 Å². The van der Waals surface area contributed by atoms with Crippen LogP contribution in [0.15, 0.2) is 42.6 Å². The van der Waals surface area contributed by atoms with Crippen LogP contribution in [0, 0.1) is 0 Å². The van der Waals surface area contributed by atoms with Crippen LogP contribution in [0.5, 0.6) is 5.88 Å². The normalized spacial score (nSPS) is 10.1. The van der Waals surface area contributed by atoms with Crippen molar-refractivity contribution in [2.45, 2.75) is 11.9 Å². The number of nitrogens with one attached hydrogen (secondary N) is 1. The summed E-state index contributed by atoms with van der Waals surface area (Å²) in [7, 11) is 1.50. The lowest BCUT2D eigenvalue weighted by Crippen LogP contribution is -2.23. The molecule has 1 aromatic heterocycles. The van der Waals surface area contributed by atoms with E-state index in [1.165, 1.54) is 12.7 Å². The Bertz CT molecular complexity index is 602. The Labute approximate surface area is 126 Å². The van der Waals surface area contributed by atoms with Gasteiger partial charge >= 0.3 is 0 Å². The minimum Gasteiger partial charge on any atom is -0.480 e. The van der Waals surface area contributed by atoms with Gasteiger partial charge < -0.3 is 10.1 Å². The molecular formula is C15H15BrN2O2. The topological polar surface area (TPSA) is 51.2 Å². The first kappa shape index (κ1) is 14.5. The molecule has 4 nitrogen and oxygen atoms in total. The maximum Gasteiger partial charge on any atom is 0.257 e. The summed E-state index contributed by atoms with van der Waals surface area (Å²) in [5.74, 6) is 0.137. The summed E-state index contributed by atoms with van der Waals surface area (Å²) in [6.45, 7) is 0.470. The Kier molecular flexibility index (Phi) is 5.12. The summed E-state index contributed by atoms with van der Waals surface area (Å²) in [4.78, 5) is 16.1. The molecule has 0 spiro atoms. The number of halogens is 1. The standard InChI is InChI=1S/C15H15BrN2O2/c1-20-15-13(6-3-7-17-15)14(19)18-10-12-5-2-4-11(8-12)9-16/h2-8H,9-10H2,1H3,(H,18,19). The van der Waals surface area contributed by atoms with E-state index in [-0.39, 0.29) is 5.91 Å². The molecule has 0 bridgehead atoms. The Balaban J connectivity index is 2.04. The van der Waals surface area contributed by atoms with Crippen LogP contribution >= 0.6 is 15.9 Å². The van der Waals surface area contributed by atoms with E-state index in [0.29, 0.717) is 18.0 Å². The fourth-order valence-electron chi connectivity index (χ4n) is 1.83. The molecule has 1 aromatic carbocycles. The second-order valence-electron chi connectivity index (χ2n) is 4.20. The van der Waals surface area contributed by atoms with Gasteiger partial charge in [-0.3, -0.25) is 4.79 Å². The first-order valence-electron chi connectivity index (χ1n) is 6.15. The van der Waals surface area contributed by atoms with Crippen LogP contribution in [0.3, 0.4) is 0 Å². The number of pyridine rings is 1. The van der Waals surface area contributed by atoms with Crippen LogP contribution in [-0.2, 0) is 11.9 Å². The Morgan fingerprint density at radius 2 is 2.10 bits per heavy atom. The van der Waals surface area contributed by atoms with Crippen molar-refractivity contribution in [2.75, 3.05) is 7.11 Å². The molecule has 2 aromatic rings. The summed E-state index contributed by atoms with van der Waals surface area (Å²) in [6, 6.07) is 11.4. The summed E-state index contributed by atoms with van der Waals surface area (Å²) >= 11 is 3.42. The number of carbonyl (C=O) groups is 1. The monoisotopic (exact) mass is 334 g/mol. The van der Waals surface area contributed by atoms with E-state index in [4.69, 9.17) is 4.74 Å². The summed E-state index contributed by atoms with van der Waals surface area (Å²) in [5.41, 5.74) is 2.67. The Hall–Kier alpha value is -1.88. The number of methoxy groups -OCH3 is 1. The molecule has 1 heterocycles. The van der Waals surface area contributed by atoms with Crippen molar-refractivity contribution in [3.8, 4) is 5.88 Å². The van der Waals surface area contributed by atoms with E-state index < -0.39 is 0 Å². The molecule has 1 N–H and O–H groups in total. The molecule has 2 rings (SSSR count). The number of hydrogen-bond donors (Lipinski definition) is 1. The number of amides is 1.